The molecule has 0 aliphatic heterocycles. The number of amides is 1. The second-order valence-electron chi connectivity index (χ2n) is 6.05. The minimum absolute atomic E-state index is 0.238. The van der Waals surface area contributed by atoms with Crippen LogP contribution in [-0.2, 0) is 6.42 Å². The van der Waals surface area contributed by atoms with Crippen molar-refractivity contribution in [3.05, 3.63) is 65.3 Å². The molecule has 1 aromatic heterocycles. The van der Waals surface area contributed by atoms with Crippen molar-refractivity contribution in [3.8, 4) is 11.5 Å². The average Bonchev–Trinajstić information content (AvgIpc) is 3.10. The van der Waals surface area contributed by atoms with Crippen molar-refractivity contribution >= 4 is 11.6 Å². The quantitative estimate of drug-likeness (QED) is 0.634. The fraction of sp³-hybridized carbons (Fsp3) is 0.286. The van der Waals surface area contributed by atoms with Gasteiger partial charge in [-0.15, -0.1) is 0 Å². The summed E-state index contributed by atoms with van der Waals surface area (Å²) in [6, 6.07) is 12.7. The SMILES string of the molecule is CCOc1ccc(C(=O)Nc2ccccc2Cc2nc(C)no2)cc1OCC. The Labute approximate surface area is 163 Å². The first-order valence-corrected chi connectivity index (χ1v) is 9.18. The molecule has 28 heavy (non-hydrogen) atoms. The minimum atomic E-state index is -0.238. The molecule has 0 bridgehead atoms. The van der Waals surface area contributed by atoms with Crippen molar-refractivity contribution in [2.45, 2.75) is 27.2 Å². The molecule has 0 fully saturated rings. The summed E-state index contributed by atoms with van der Waals surface area (Å²) in [4.78, 5) is 17.0. The second-order valence-corrected chi connectivity index (χ2v) is 6.05. The lowest BCUT2D eigenvalue weighted by molar-refractivity contribution is 0.102. The number of aromatic nitrogens is 2. The van der Waals surface area contributed by atoms with Gasteiger partial charge < -0.3 is 19.3 Å². The van der Waals surface area contributed by atoms with Crippen molar-refractivity contribution in [2.24, 2.45) is 0 Å². The van der Waals surface area contributed by atoms with E-state index < -0.39 is 0 Å². The number of hydrogen-bond donors (Lipinski definition) is 1. The third kappa shape index (κ3) is 4.68. The number of carbonyl (C=O) groups is 1. The molecule has 1 heterocycles. The number of rotatable bonds is 8. The molecule has 0 radical (unpaired) electrons. The molecule has 3 rings (SSSR count). The second kappa shape index (κ2) is 9.03. The normalized spacial score (nSPS) is 10.5. The molecule has 7 heteroatoms. The molecule has 0 aliphatic carbocycles. The molecule has 0 saturated carbocycles. The number of nitrogens with zero attached hydrogens (tertiary/aromatic N) is 2. The zero-order valence-electron chi connectivity index (χ0n) is 16.2. The van der Waals surface area contributed by atoms with Crippen LogP contribution < -0.4 is 14.8 Å². The van der Waals surface area contributed by atoms with E-state index in [1.54, 1.807) is 25.1 Å². The van der Waals surface area contributed by atoms with Gasteiger partial charge in [0.25, 0.3) is 5.91 Å². The maximum Gasteiger partial charge on any atom is 0.255 e. The highest BCUT2D eigenvalue weighted by atomic mass is 16.5. The van der Waals surface area contributed by atoms with E-state index in [2.05, 4.69) is 15.5 Å². The van der Waals surface area contributed by atoms with Crippen molar-refractivity contribution < 1.29 is 18.8 Å². The monoisotopic (exact) mass is 381 g/mol. The van der Waals surface area contributed by atoms with Gasteiger partial charge in [0.1, 0.15) is 0 Å². The van der Waals surface area contributed by atoms with E-state index >= 15 is 0 Å². The highest BCUT2D eigenvalue weighted by Gasteiger charge is 2.14. The van der Waals surface area contributed by atoms with Gasteiger partial charge in [-0.3, -0.25) is 4.79 Å². The predicted octanol–water partition coefficient (Wildman–Crippen LogP) is 4.02. The van der Waals surface area contributed by atoms with Crippen LogP contribution in [0.3, 0.4) is 0 Å². The van der Waals surface area contributed by atoms with E-state index in [0.29, 0.717) is 54.1 Å². The van der Waals surface area contributed by atoms with Crippen LogP contribution >= 0.6 is 0 Å². The molecule has 0 spiro atoms. The summed E-state index contributed by atoms with van der Waals surface area (Å²) in [5.74, 6) is 2.01. The number of hydrogen-bond acceptors (Lipinski definition) is 6. The molecular weight excluding hydrogens is 358 g/mol. The molecule has 0 unspecified atom stereocenters. The maximum absolute atomic E-state index is 12.8. The summed E-state index contributed by atoms with van der Waals surface area (Å²) in [5, 5.41) is 6.75. The third-order valence-electron chi connectivity index (χ3n) is 3.98. The van der Waals surface area contributed by atoms with Gasteiger partial charge in [-0.05, 0) is 50.6 Å². The van der Waals surface area contributed by atoms with Crippen molar-refractivity contribution in [3.63, 3.8) is 0 Å². The summed E-state index contributed by atoms with van der Waals surface area (Å²) < 4.78 is 16.3. The lowest BCUT2D eigenvalue weighted by Gasteiger charge is -2.13. The van der Waals surface area contributed by atoms with Gasteiger partial charge in [0.15, 0.2) is 17.3 Å². The topological polar surface area (TPSA) is 86.5 Å². The Kier molecular flexibility index (Phi) is 6.26. The lowest BCUT2D eigenvalue weighted by Crippen LogP contribution is -2.14. The molecule has 1 amide bonds. The van der Waals surface area contributed by atoms with Gasteiger partial charge in [-0.2, -0.15) is 4.98 Å². The Morgan fingerprint density at radius 1 is 1.07 bits per heavy atom. The number of para-hydroxylation sites is 1. The lowest BCUT2D eigenvalue weighted by atomic mass is 10.1. The Morgan fingerprint density at radius 3 is 2.54 bits per heavy atom. The zero-order chi connectivity index (χ0) is 19.9. The Bertz CT molecular complexity index is 952. The van der Waals surface area contributed by atoms with Crippen LogP contribution in [0, 0.1) is 6.92 Å². The fourth-order valence-corrected chi connectivity index (χ4v) is 2.76. The van der Waals surface area contributed by atoms with Gasteiger partial charge in [-0.1, -0.05) is 23.4 Å². The summed E-state index contributed by atoms with van der Waals surface area (Å²) in [6.07, 6.45) is 0.435. The molecule has 0 saturated heterocycles. The number of carbonyl (C=O) groups excluding carboxylic acids is 1. The fourth-order valence-electron chi connectivity index (χ4n) is 2.76. The number of nitrogens with one attached hydrogen (secondary N) is 1. The average molecular weight is 381 g/mol. The predicted molar refractivity (Wildman–Crippen MR) is 105 cm³/mol. The largest absolute Gasteiger partial charge is 0.490 e. The van der Waals surface area contributed by atoms with Gasteiger partial charge in [0.2, 0.25) is 5.89 Å². The summed E-state index contributed by atoms with van der Waals surface area (Å²) in [5.41, 5.74) is 2.06. The molecule has 0 aliphatic rings. The van der Waals surface area contributed by atoms with Crippen LogP contribution in [0.25, 0.3) is 0 Å². The molecule has 146 valence electrons. The van der Waals surface area contributed by atoms with E-state index in [1.165, 1.54) is 0 Å². The zero-order valence-corrected chi connectivity index (χ0v) is 16.2. The number of aryl methyl sites for hydroxylation is 1. The van der Waals surface area contributed by atoms with E-state index in [9.17, 15) is 4.79 Å². The first-order valence-electron chi connectivity index (χ1n) is 9.18. The van der Waals surface area contributed by atoms with Gasteiger partial charge in [0, 0.05) is 11.3 Å². The van der Waals surface area contributed by atoms with Crippen LogP contribution in [0.2, 0.25) is 0 Å². The number of anilines is 1. The van der Waals surface area contributed by atoms with E-state index in [-0.39, 0.29) is 5.91 Å². The molecular formula is C21H23N3O4. The van der Waals surface area contributed by atoms with E-state index in [1.807, 2.05) is 38.1 Å². The highest BCUT2D eigenvalue weighted by molar-refractivity contribution is 6.05. The van der Waals surface area contributed by atoms with Crippen LogP contribution in [0.5, 0.6) is 11.5 Å². The standard InChI is InChI=1S/C21H23N3O4/c1-4-26-18-11-10-16(12-19(18)27-5-2)21(25)23-17-9-7-6-8-15(17)13-20-22-14(3)24-28-20/h6-12H,4-5,13H2,1-3H3,(H,23,25). The van der Waals surface area contributed by atoms with Gasteiger partial charge >= 0.3 is 0 Å². The third-order valence-corrected chi connectivity index (χ3v) is 3.98. The maximum atomic E-state index is 12.8. The van der Waals surface area contributed by atoms with Gasteiger partial charge in [0.05, 0.1) is 19.6 Å². The number of ether oxygens (including phenoxy) is 2. The highest BCUT2D eigenvalue weighted by Crippen LogP contribution is 2.29. The molecule has 1 N–H and O–H groups in total. The molecule has 7 nitrogen and oxygen atoms in total. The summed E-state index contributed by atoms with van der Waals surface area (Å²) in [6.45, 7) is 6.56. The van der Waals surface area contributed by atoms with Crippen LogP contribution in [0.1, 0.15) is 41.5 Å². The van der Waals surface area contributed by atoms with Crippen LogP contribution in [-0.4, -0.2) is 29.3 Å². The minimum Gasteiger partial charge on any atom is -0.490 e. The molecule has 3 aromatic rings. The Balaban J connectivity index is 1.80. The van der Waals surface area contributed by atoms with Crippen molar-refractivity contribution in [2.75, 3.05) is 18.5 Å². The smallest absolute Gasteiger partial charge is 0.255 e. The van der Waals surface area contributed by atoms with E-state index in [4.69, 9.17) is 14.0 Å². The molecule has 0 atom stereocenters. The van der Waals surface area contributed by atoms with Gasteiger partial charge in [-0.25, -0.2) is 0 Å². The van der Waals surface area contributed by atoms with Crippen LogP contribution in [0.15, 0.2) is 47.0 Å². The first-order chi connectivity index (χ1) is 13.6. The Hall–Kier alpha value is -3.35. The number of benzene rings is 2. The van der Waals surface area contributed by atoms with Crippen molar-refractivity contribution in [1.29, 1.82) is 0 Å². The first kappa shape index (κ1) is 19.4. The Morgan fingerprint density at radius 2 is 1.82 bits per heavy atom. The van der Waals surface area contributed by atoms with Crippen LogP contribution in [0.4, 0.5) is 5.69 Å². The van der Waals surface area contributed by atoms with Crippen molar-refractivity contribution in [1.82, 2.24) is 10.1 Å². The van der Waals surface area contributed by atoms with E-state index in [0.717, 1.165) is 5.56 Å². The summed E-state index contributed by atoms with van der Waals surface area (Å²) >= 11 is 0. The molecule has 2 aromatic carbocycles. The summed E-state index contributed by atoms with van der Waals surface area (Å²) in [7, 11) is 0.